The Labute approximate surface area is 174 Å². The highest BCUT2D eigenvalue weighted by Crippen LogP contribution is 2.51. The number of rotatable bonds is 4. The SMILES string of the molecule is C/C=C1\[C@H]2C=C(C)C[C@]1(N=Cc1ccccc1OS(=O)(=O)O)c1ccc(=O)[nH]c1C2. The van der Waals surface area contributed by atoms with Gasteiger partial charge in [-0.1, -0.05) is 29.9 Å². The predicted octanol–water partition coefficient (Wildman–Crippen LogP) is 3.34. The molecule has 0 radical (unpaired) electrons. The summed E-state index contributed by atoms with van der Waals surface area (Å²) in [5, 5.41) is 0. The van der Waals surface area contributed by atoms with E-state index in [4.69, 9.17) is 13.7 Å². The molecule has 0 amide bonds. The highest BCUT2D eigenvalue weighted by molar-refractivity contribution is 7.81. The first-order valence-electron chi connectivity index (χ1n) is 9.59. The van der Waals surface area contributed by atoms with Gasteiger partial charge in [-0.15, -0.1) is 0 Å². The number of para-hydroxylation sites is 1. The van der Waals surface area contributed by atoms with Crippen LogP contribution in [0.1, 0.15) is 37.1 Å². The zero-order valence-electron chi connectivity index (χ0n) is 16.6. The molecule has 1 heterocycles. The maximum Gasteiger partial charge on any atom is 0.446 e. The molecule has 8 heteroatoms. The standard InChI is InChI=1S/C22H22N2O5S/c1-3-17-16-10-14(2)12-22(17,18-8-9-21(25)24-19(18)11-16)23-13-15-6-4-5-7-20(15)29-30(26,27)28/h3-10,13,16H,11-12H2,1-2H3,(H,24,25)(H,26,27,28)/b17-3+,23-13?/t16-,22+/m0/s1. The summed E-state index contributed by atoms with van der Waals surface area (Å²) >= 11 is 0. The lowest BCUT2D eigenvalue weighted by molar-refractivity contribution is 0.386. The second-order valence-corrected chi connectivity index (χ2v) is 8.65. The van der Waals surface area contributed by atoms with Crippen molar-refractivity contribution < 1.29 is 17.2 Å². The highest BCUT2D eigenvalue weighted by atomic mass is 32.3. The number of benzene rings is 1. The molecule has 2 aliphatic carbocycles. The van der Waals surface area contributed by atoms with Gasteiger partial charge in [-0.05, 0) is 44.0 Å². The van der Waals surface area contributed by atoms with E-state index in [1.807, 2.05) is 13.0 Å². The minimum atomic E-state index is -4.66. The molecule has 2 aliphatic rings. The molecule has 0 unspecified atom stereocenters. The molecule has 0 aliphatic heterocycles. The molecule has 7 nitrogen and oxygen atoms in total. The van der Waals surface area contributed by atoms with E-state index >= 15 is 0 Å². The van der Waals surface area contributed by atoms with Crippen LogP contribution in [-0.2, 0) is 22.4 Å². The van der Waals surface area contributed by atoms with Crippen molar-refractivity contribution in [3.63, 3.8) is 0 Å². The number of hydrogen-bond donors (Lipinski definition) is 2. The third-order valence-corrected chi connectivity index (χ3v) is 6.01. The van der Waals surface area contributed by atoms with Gasteiger partial charge in [-0.25, -0.2) is 0 Å². The molecule has 1 aromatic heterocycles. The summed E-state index contributed by atoms with van der Waals surface area (Å²) < 4.78 is 36.2. The number of hydrogen-bond acceptors (Lipinski definition) is 5. The maximum atomic E-state index is 11.9. The summed E-state index contributed by atoms with van der Waals surface area (Å²) in [4.78, 5) is 19.8. The largest absolute Gasteiger partial charge is 0.446 e. The number of nitrogens with one attached hydrogen (secondary N) is 1. The fourth-order valence-electron chi connectivity index (χ4n) is 4.61. The van der Waals surface area contributed by atoms with Gasteiger partial charge in [-0.2, -0.15) is 8.42 Å². The molecule has 1 aromatic carbocycles. The summed E-state index contributed by atoms with van der Waals surface area (Å²) in [5.74, 6) is 0.107. The second-order valence-electron chi connectivity index (χ2n) is 7.63. The lowest BCUT2D eigenvalue weighted by Gasteiger charge is -2.45. The number of nitrogens with zero attached hydrogens (tertiary/aromatic N) is 1. The molecule has 4 rings (SSSR count). The minimum Gasteiger partial charge on any atom is -0.361 e. The monoisotopic (exact) mass is 426 g/mol. The van der Waals surface area contributed by atoms with Crippen LogP contribution in [0.15, 0.2) is 69.5 Å². The molecule has 0 spiro atoms. The van der Waals surface area contributed by atoms with Crippen molar-refractivity contribution in [3.05, 3.63) is 86.9 Å². The topological polar surface area (TPSA) is 109 Å². The van der Waals surface area contributed by atoms with E-state index in [0.29, 0.717) is 18.4 Å². The summed E-state index contributed by atoms with van der Waals surface area (Å²) in [7, 11) is -4.66. The van der Waals surface area contributed by atoms with Gasteiger partial charge >= 0.3 is 10.4 Å². The zero-order chi connectivity index (χ0) is 21.5. The molecule has 0 fully saturated rings. The number of H-pyrrole nitrogens is 1. The molecule has 156 valence electrons. The average molecular weight is 426 g/mol. The Hall–Kier alpha value is -2.97. The predicted molar refractivity (Wildman–Crippen MR) is 114 cm³/mol. The van der Waals surface area contributed by atoms with Crippen LogP contribution in [0.5, 0.6) is 5.75 Å². The molecule has 0 saturated heterocycles. The van der Waals surface area contributed by atoms with E-state index < -0.39 is 15.9 Å². The molecule has 0 saturated carbocycles. The van der Waals surface area contributed by atoms with E-state index in [-0.39, 0.29) is 17.2 Å². The van der Waals surface area contributed by atoms with Crippen LogP contribution in [0.25, 0.3) is 0 Å². The van der Waals surface area contributed by atoms with Crippen LogP contribution in [-0.4, -0.2) is 24.2 Å². The van der Waals surface area contributed by atoms with Gasteiger partial charge in [0.15, 0.2) is 5.75 Å². The van der Waals surface area contributed by atoms with Gasteiger partial charge in [0.25, 0.3) is 0 Å². The number of aliphatic imine (C=N–C) groups is 1. The number of fused-ring (bicyclic) bond motifs is 4. The Balaban J connectivity index is 1.88. The van der Waals surface area contributed by atoms with Crippen LogP contribution < -0.4 is 9.74 Å². The number of aromatic nitrogens is 1. The molecule has 2 N–H and O–H groups in total. The second kappa shape index (κ2) is 7.37. The van der Waals surface area contributed by atoms with Gasteiger partial charge in [0.2, 0.25) is 5.56 Å². The summed E-state index contributed by atoms with van der Waals surface area (Å²) in [6, 6.07) is 9.78. The maximum absolute atomic E-state index is 11.9. The minimum absolute atomic E-state index is 0.0145. The summed E-state index contributed by atoms with van der Waals surface area (Å²) in [6.07, 6.45) is 7.19. The van der Waals surface area contributed by atoms with E-state index in [2.05, 4.69) is 24.1 Å². The summed E-state index contributed by atoms with van der Waals surface area (Å²) in [5.41, 5.74) is 3.69. The van der Waals surface area contributed by atoms with E-state index in [9.17, 15) is 13.2 Å². The zero-order valence-corrected chi connectivity index (χ0v) is 17.4. The van der Waals surface area contributed by atoms with Gasteiger partial charge in [0.05, 0.1) is 0 Å². The lowest BCUT2D eigenvalue weighted by atomic mass is 9.63. The van der Waals surface area contributed by atoms with Crippen LogP contribution >= 0.6 is 0 Å². The molecule has 2 aromatic rings. The molecular formula is C22H22N2O5S. The molecule has 2 bridgehead atoms. The van der Waals surface area contributed by atoms with Crippen molar-refractivity contribution in [2.75, 3.05) is 0 Å². The van der Waals surface area contributed by atoms with E-state index in [1.165, 1.54) is 17.7 Å². The Kier molecular flexibility index (Phi) is 4.99. The Bertz CT molecular complexity index is 1260. The Morgan fingerprint density at radius 3 is 2.77 bits per heavy atom. The third-order valence-electron chi connectivity index (χ3n) is 5.62. The van der Waals surface area contributed by atoms with Crippen molar-refractivity contribution in [1.82, 2.24) is 4.98 Å². The van der Waals surface area contributed by atoms with Gasteiger partial charge in [0.1, 0.15) is 5.54 Å². The van der Waals surface area contributed by atoms with Gasteiger partial charge < -0.3 is 9.17 Å². The first-order chi connectivity index (χ1) is 14.2. The van der Waals surface area contributed by atoms with Crippen molar-refractivity contribution in [1.29, 1.82) is 0 Å². The van der Waals surface area contributed by atoms with E-state index in [1.54, 1.807) is 24.4 Å². The first-order valence-corrected chi connectivity index (χ1v) is 11.0. The fourth-order valence-corrected chi connectivity index (χ4v) is 4.99. The van der Waals surface area contributed by atoms with Crippen molar-refractivity contribution >= 4 is 16.6 Å². The Morgan fingerprint density at radius 1 is 1.27 bits per heavy atom. The number of pyridine rings is 1. The number of allylic oxidation sites excluding steroid dienone is 2. The average Bonchev–Trinajstić information content (AvgIpc) is 2.65. The fraction of sp³-hybridized carbons (Fsp3) is 0.273. The quantitative estimate of drug-likeness (QED) is 0.443. The molecule has 30 heavy (non-hydrogen) atoms. The van der Waals surface area contributed by atoms with Crippen LogP contribution in [0.4, 0.5) is 0 Å². The highest BCUT2D eigenvalue weighted by Gasteiger charge is 2.46. The van der Waals surface area contributed by atoms with E-state index in [0.717, 1.165) is 16.8 Å². The Morgan fingerprint density at radius 2 is 2.03 bits per heavy atom. The normalized spacial score (nSPS) is 24.6. The number of aromatic amines is 1. The summed E-state index contributed by atoms with van der Waals surface area (Å²) in [6.45, 7) is 4.04. The van der Waals surface area contributed by atoms with Crippen molar-refractivity contribution in [2.45, 2.75) is 32.2 Å². The molecular weight excluding hydrogens is 404 g/mol. The van der Waals surface area contributed by atoms with Crippen molar-refractivity contribution in [2.24, 2.45) is 10.9 Å². The van der Waals surface area contributed by atoms with Crippen LogP contribution in [0.2, 0.25) is 0 Å². The van der Waals surface area contributed by atoms with Crippen LogP contribution in [0.3, 0.4) is 0 Å². The van der Waals surface area contributed by atoms with Crippen LogP contribution in [0, 0.1) is 5.92 Å². The molecule has 2 atom stereocenters. The van der Waals surface area contributed by atoms with Gasteiger partial charge in [0, 0.05) is 41.4 Å². The smallest absolute Gasteiger partial charge is 0.361 e. The lowest BCUT2D eigenvalue weighted by Crippen LogP contribution is -2.40. The van der Waals surface area contributed by atoms with Crippen molar-refractivity contribution in [3.8, 4) is 5.75 Å². The van der Waals surface area contributed by atoms with Gasteiger partial charge in [-0.3, -0.25) is 14.3 Å². The first kappa shape index (κ1) is 20.3. The third kappa shape index (κ3) is 3.64.